The fourth-order valence-electron chi connectivity index (χ4n) is 6.25. The summed E-state index contributed by atoms with van der Waals surface area (Å²) < 4.78 is 101. The Balaban J connectivity index is 0.00000141. The Bertz CT molecular complexity index is 1490. The lowest BCUT2D eigenvalue weighted by atomic mass is 9.88. The number of rotatable bonds is 6. The zero-order valence-electron chi connectivity index (χ0n) is 24.1. The van der Waals surface area contributed by atoms with E-state index in [9.17, 15) is 22.0 Å². The van der Waals surface area contributed by atoms with Gasteiger partial charge in [-0.05, 0) is 90.0 Å². The lowest BCUT2D eigenvalue weighted by Gasteiger charge is -2.33. The topological polar surface area (TPSA) is 71.6 Å². The fraction of sp³-hybridized carbons (Fsp3) is 0.500. The van der Waals surface area contributed by atoms with Crippen LogP contribution >= 0.6 is 27.7 Å². The van der Waals surface area contributed by atoms with Crippen molar-refractivity contribution in [2.24, 2.45) is 34.5 Å². The second-order valence-electron chi connectivity index (χ2n) is 11.6. The smallest absolute Gasteiger partial charge is 0.372 e. The quantitative estimate of drug-likeness (QED) is 0.204. The van der Waals surface area contributed by atoms with Gasteiger partial charge >= 0.3 is 6.18 Å². The highest BCUT2D eigenvalue weighted by atomic mass is 79.9. The number of halogens is 8. The Morgan fingerprint density at radius 1 is 1.18 bits per heavy atom. The molecular formula is C30H30BrF7N4OS. The third kappa shape index (κ3) is 6.88. The first-order valence-corrected chi connectivity index (χ1v) is 15.6. The van der Waals surface area contributed by atoms with Crippen LogP contribution in [0.5, 0.6) is 0 Å². The van der Waals surface area contributed by atoms with Crippen LogP contribution in [0.2, 0.25) is 0 Å². The van der Waals surface area contributed by atoms with Gasteiger partial charge in [0.05, 0.1) is 10.4 Å². The summed E-state index contributed by atoms with van der Waals surface area (Å²) in [5, 5.41) is 4.59. The van der Waals surface area contributed by atoms with Gasteiger partial charge in [-0.2, -0.15) is 18.3 Å². The summed E-state index contributed by atoms with van der Waals surface area (Å²) in [4.78, 5) is 13.2. The van der Waals surface area contributed by atoms with Crippen LogP contribution in [0.1, 0.15) is 43.6 Å². The molecule has 238 valence electrons. The highest BCUT2D eigenvalue weighted by Gasteiger charge is 2.80. The molecule has 6 atom stereocenters. The van der Waals surface area contributed by atoms with Crippen molar-refractivity contribution in [2.45, 2.75) is 56.0 Å². The molecule has 2 saturated carbocycles. The van der Waals surface area contributed by atoms with Gasteiger partial charge in [0.25, 0.3) is 5.92 Å². The van der Waals surface area contributed by atoms with Crippen molar-refractivity contribution in [3.05, 3.63) is 63.4 Å². The minimum atomic E-state index is -4.87. The van der Waals surface area contributed by atoms with Gasteiger partial charge in [-0.15, -0.1) is 11.8 Å². The maximum Gasteiger partial charge on any atom is 0.431 e. The number of nitrogens with two attached hydrogens (primary N) is 1. The Kier molecular flexibility index (Phi) is 9.72. The number of hydrogen-bond acceptors (Lipinski definition) is 5. The second kappa shape index (κ2) is 12.5. The number of alkyl halides is 5. The molecule has 2 aliphatic carbocycles. The van der Waals surface area contributed by atoms with Crippen molar-refractivity contribution < 1.29 is 35.5 Å². The SMILES string of the molecule is CSC(C)(C)C#Cc1ccc(Br)c([C@H](Cc2cc(F)cc(F)c2)CN2N=C(C(F)(F)F)C3C4C(C)C4C(F)(F)C32)n1.NC=O. The summed E-state index contributed by atoms with van der Waals surface area (Å²) in [6.45, 7) is 5.03. The van der Waals surface area contributed by atoms with E-state index in [1.54, 1.807) is 19.1 Å². The van der Waals surface area contributed by atoms with Crippen LogP contribution in [0.25, 0.3) is 0 Å². The molecule has 1 aromatic carbocycles. The highest BCUT2D eigenvalue weighted by molar-refractivity contribution is 9.10. The molecule has 5 unspecified atom stereocenters. The molecule has 14 heteroatoms. The Labute approximate surface area is 263 Å². The number of amides is 1. The van der Waals surface area contributed by atoms with Crippen LogP contribution in [0.15, 0.2) is 39.9 Å². The molecule has 0 radical (unpaired) electrons. The number of nitrogens with zero attached hydrogens (tertiary/aromatic N) is 3. The maximum absolute atomic E-state index is 15.5. The van der Waals surface area contributed by atoms with E-state index in [2.05, 4.69) is 43.6 Å². The number of aromatic nitrogens is 1. The van der Waals surface area contributed by atoms with Gasteiger partial charge in [0.2, 0.25) is 6.41 Å². The summed E-state index contributed by atoms with van der Waals surface area (Å²) in [6, 6.07) is 4.46. The average Bonchev–Trinajstić information content (AvgIpc) is 3.31. The van der Waals surface area contributed by atoms with E-state index in [0.29, 0.717) is 21.9 Å². The molecule has 2 heterocycles. The van der Waals surface area contributed by atoms with Crippen molar-refractivity contribution in [2.75, 3.05) is 12.8 Å². The van der Waals surface area contributed by atoms with Gasteiger partial charge in [0.1, 0.15) is 29.1 Å². The molecule has 44 heavy (non-hydrogen) atoms. The predicted molar refractivity (Wildman–Crippen MR) is 158 cm³/mol. The molecule has 0 spiro atoms. The van der Waals surface area contributed by atoms with Gasteiger partial charge in [-0.3, -0.25) is 9.80 Å². The van der Waals surface area contributed by atoms with Crippen LogP contribution in [0.4, 0.5) is 30.7 Å². The molecule has 0 bridgehead atoms. The molecule has 2 aromatic rings. The molecular weight excluding hydrogens is 677 g/mol. The molecule has 1 aliphatic heterocycles. The van der Waals surface area contributed by atoms with Gasteiger partial charge < -0.3 is 5.73 Å². The van der Waals surface area contributed by atoms with E-state index in [1.807, 2.05) is 20.1 Å². The van der Waals surface area contributed by atoms with Crippen LogP contribution in [-0.4, -0.2) is 57.8 Å². The van der Waals surface area contributed by atoms with E-state index in [0.717, 1.165) is 17.1 Å². The van der Waals surface area contributed by atoms with E-state index in [1.165, 1.54) is 11.8 Å². The van der Waals surface area contributed by atoms with Crippen LogP contribution in [-0.2, 0) is 11.2 Å². The van der Waals surface area contributed by atoms with E-state index < -0.39 is 65.1 Å². The van der Waals surface area contributed by atoms with Gasteiger partial charge in [0.15, 0.2) is 0 Å². The summed E-state index contributed by atoms with van der Waals surface area (Å²) in [6.07, 6.45) is -2.80. The summed E-state index contributed by atoms with van der Waals surface area (Å²) >= 11 is 4.96. The summed E-state index contributed by atoms with van der Waals surface area (Å²) in [5.41, 5.74) is 3.85. The van der Waals surface area contributed by atoms with E-state index in [4.69, 9.17) is 4.79 Å². The van der Waals surface area contributed by atoms with Crippen LogP contribution < -0.4 is 5.73 Å². The van der Waals surface area contributed by atoms with Crippen molar-refractivity contribution >= 4 is 39.8 Å². The molecule has 5 nitrogen and oxygen atoms in total. The van der Waals surface area contributed by atoms with Crippen molar-refractivity contribution in [1.29, 1.82) is 0 Å². The summed E-state index contributed by atoms with van der Waals surface area (Å²) in [7, 11) is 0. The van der Waals surface area contributed by atoms with E-state index in [-0.39, 0.29) is 29.7 Å². The van der Waals surface area contributed by atoms with Gasteiger partial charge in [-0.1, -0.05) is 12.8 Å². The third-order valence-corrected chi connectivity index (χ3v) is 10.1. The lowest BCUT2D eigenvalue weighted by Crippen LogP contribution is -2.48. The minimum absolute atomic E-state index is 0.0902. The minimum Gasteiger partial charge on any atom is -0.372 e. The normalized spacial score (nSPS) is 25.5. The molecule has 1 amide bonds. The first-order valence-electron chi connectivity index (χ1n) is 13.6. The molecule has 2 N–H and O–H groups in total. The van der Waals surface area contributed by atoms with Crippen molar-refractivity contribution in [1.82, 2.24) is 9.99 Å². The fourth-order valence-corrected chi connectivity index (χ4v) is 6.95. The zero-order chi connectivity index (χ0) is 32.8. The maximum atomic E-state index is 15.5. The number of primary amides is 1. The number of fused-ring (bicyclic) bond motifs is 3. The molecule has 5 rings (SSSR count). The van der Waals surface area contributed by atoms with Gasteiger partial charge in [0, 0.05) is 34.8 Å². The number of carbonyl (C=O) groups is 1. The zero-order valence-corrected chi connectivity index (χ0v) is 26.5. The van der Waals surface area contributed by atoms with E-state index >= 15 is 8.78 Å². The number of hydrazone groups is 1. The number of hydrogen-bond donors (Lipinski definition) is 1. The number of pyridine rings is 1. The van der Waals surface area contributed by atoms with Crippen LogP contribution in [0.3, 0.4) is 0 Å². The largest absolute Gasteiger partial charge is 0.431 e. The lowest BCUT2D eigenvalue weighted by molar-refractivity contribution is -0.107. The predicted octanol–water partition coefficient (Wildman–Crippen LogP) is 6.79. The molecule has 0 saturated heterocycles. The Morgan fingerprint density at radius 2 is 1.80 bits per heavy atom. The van der Waals surface area contributed by atoms with Crippen molar-refractivity contribution in [3.63, 3.8) is 0 Å². The first kappa shape index (κ1) is 34.1. The molecule has 1 aromatic heterocycles. The van der Waals surface area contributed by atoms with Gasteiger partial charge in [-0.25, -0.2) is 22.5 Å². The Morgan fingerprint density at radius 3 is 2.36 bits per heavy atom. The second-order valence-corrected chi connectivity index (χ2v) is 13.8. The monoisotopic (exact) mass is 706 g/mol. The van der Waals surface area contributed by atoms with Crippen LogP contribution in [0, 0.1) is 47.1 Å². The number of benzene rings is 1. The third-order valence-electron chi connectivity index (χ3n) is 8.28. The average molecular weight is 708 g/mol. The molecule has 3 aliphatic rings. The molecule has 2 fully saturated rings. The number of thioether (sulfide) groups is 1. The van der Waals surface area contributed by atoms with Crippen molar-refractivity contribution in [3.8, 4) is 11.8 Å². The summed E-state index contributed by atoms with van der Waals surface area (Å²) in [5.74, 6) is -3.75. The standard InChI is InChI=1S/C29H27BrF7N3S.CH3NO/c1-14-21-22-25(29(35,36)37)39-40(26(22)28(33,34)23(14)21)13-16(9-15-10-17(31)12-18(32)11-15)24-20(30)6-5-19(38-24)7-8-27(2,3)41-4;2-1-3/h5-6,10-12,14,16,21-23,26H,9,13H2,1-4H3;1H,(H2,2,3)/t14?,16-,21?,22?,23?,26?;/m1./s1. The Hall–Kier alpha value is -2.79. The number of carbonyl (C=O) groups excluding carboxylic acids is 1. The first-order chi connectivity index (χ1) is 20.4. The highest BCUT2D eigenvalue weighted by Crippen LogP contribution is 2.70.